The van der Waals surface area contributed by atoms with Crippen LogP contribution < -0.4 is 10.1 Å². The number of benzene rings is 2. The number of nitrogens with one attached hydrogen (secondary N) is 1. The molecule has 0 aliphatic heterocycles. The fraction of sp³-hybridized carbons (Fsp3) is 0.0588. The van der Waals surface area contributed by atoms with Crippen molar-refractivity contribution in [1.29, 1.82) is 5.26 Å². The molecule has 0 saturated carbocycles. The van der Waals surface area contributed by atoms with Gasteiger partial charge in [-0.3, -0.25) is 4.79 Å². The zero-order chi connectivity index (χ0) is 16.8. The zero-order valence-corrected chi connectivity index (χ0v) is 13.7. The smallest absolute Gasteiger partial charge is 0.266 e. The molecule has 4 nitrogen and oxygen atoms in total. The molecule has 116 valence electrons. The van der Waals surface area contributed by atoms with Gasteiger partial charge in [-0.05, 0) is 42.0 Å². The normalized spacial score (nSPS) is 10.8. The summed E-state index contributed by atoms with van der Waals surface area (Å²) in [5, 5.41) is 12.5. The first-order valence-electron chi connectivity index (χ1n) is 6.55. The van der Waals surface area contributed by atoms with Gasteiger partial charge in [-0.25, -0.2) is 0 Å². The minimum atomic E-state index is -0.526. The maximum atomic E-state index is 12.2. The number of anilines is 1. The van der Waals surface area contributed by atoms with Crippen LogP contribution in [-0.2, 0) is 4.79 Å². The van der Waals surface area contributed by atoms with Gasteiger partial charge in [-0.1, -0.05) is 35.3 Å². The highest BCUT2D eigenvalue weighted by Gasteiger charge is 2.10. The number of carbonyl (C=O) groups is 1. The highest BCUT2D eigenvalue weighted by Crippen LogP contribution is 2.25. The van der Waals surface area contributed by atoms with Crippen molar-refractivity contribution in [2.75, 3.05) is 12.4 Å². The van der Waals surface area contributed by atoms with Crippen LogP contribution in [0.2, 0.25) is 10.0 Å². The molecule has 23 heavy (non-hydrogen) atoms. The molecule has 0 atom stereocenters. The minimum Gasteiger partial charge on any atom is -0.497 e. The second-order valence-electron chi connectivity index (χ2n) is 4.53. The summed E-state index contributed by atoms with van der Waals surface area (Å²) in [5.74, 6) is 0.169. The molecule has 2 aromatic rings. The molecular weight excluding hydrogens is 335 g/mol. The number of nitriles is 1. The molecule has 0 bridgehead atoms. The van der Waals surface area contributed by atoms with Crippen molar-refractivity contribution in [2.45, 2.75) is 0 Å². The van der Waals surface area contributed by atoms with Crippen molar-refractivity contribution in [3.05, 3.63) is 63.6 Å². The predicted molar refractivity (Wildman–Crippen MR) is 91.7 cm³/mol. The largest absolute Gasteiger partial charge is 0.497 e. The highest BCUT2D eigenvalue weighted by molar-refractivity contribution is 6.42. The van der Waals surface area contributed by atoms with Gasteiger partial charge in [-0.2, -0.15) is 5.26 Å². The van der Waals surface area contributed by atoms with Crippen molar-refractivity contribution in [2.24, 2.45) is 0 Å². The van der Waals surface area contributed by atoms with Gasteiger partial charge in [-0.15, -0.1) is 0 Å². The van der Waals surface area contributed by atoms with Crippen molar-refractivity contribution in [3.8, 4) is 11.8 Å². The maximum absolute atomic E-state index is 12.2. The number of nitrogens with zero attached hydrogens (tertiary/aromatic N) is 1. The summed E-state index contributed by atoms with van der Waals surface area (Å²) in [6, 6.07) is 13.6. The van der Waals surface area contributed by atoms with E-state index in [1.165, 1.54) is 12.1 Å². The van der Waals surface area contributed by atoms with Gasteiger partial charge in [0.1, 0.15) is 17.4 Å². The summed E-state index contributed by atoms with van der Waals surface area (Å²) in [5.41, 5.74) is 1.15. The summed E-state index contributed by atoms with van der Waals surface area (Å²) in [7, 11) is 1.57. The van der Waals surface area contributed by atoms with Gasteiger partial charge in [0.05, 0.1) is 17.2 Å². The molecule has 0 aliphatic rings. The third kappa shape index (κ3) is 4.49. The fourth-order valence-corrected chi connectivity index (χ4v) is 2.09. The number of hydrogen-bond acceptors (Lipinski definition) is 3. The number of ether oxygens (including phenoxy) is 1. The number of hydrogen-bond donors (Lipinski definition) is 1. The van der Waals surface area contributed by atoms with Crippen LogP contribution in [0.5, 0.6) is 5.75 Å². The fourth-order valence-electron chi connectivity index (χ4n) is 1.79. The number of rotatable bonds is 4. The van der Waals surface area contributed by atoms with E-state index < -0.39 is 5.91 Å². The lowest BCUT2D eigenvalue weighted by atomic mass is 10.1. The second-order valence-corrected chi connectivity index (χ2v) is 5.34. The van der Waals surface area contributed by atoms with Crippen LogP contribution in [0.1, 0.15) is 5.56 Å². The summed E-state index contributed by atoms with van der Waals surface area (Å²) in [6.45, 7) is 0. The Morgan fingerprint density at radius 3 is 2.43 bits per heavy atom. The van der Waals surface area contributed by atoms with E-state index in [2.05, 4.69) is 5.32 Å². The molecule has 1 N–H and O–H groups in total. The first kappa shape index (κ1) is 16.9. The van der Waals surface area contributed by atoms with Crippen LogP contribution in [0.25, 0.3) is 6.08 Å². The summed E-state index contributed by atoms with van der Waals surface area (Å²) >= 11 is 11.7. The molecule has 6 heteroatoms. The van der Waals surface area contributed by atoms with Gasteiger partial charge in [0.25, 0.3) is 5.91 Å². The first-order chi connectivity index (χ1) is 11.0. The summed E-state index contributed by atoms with van der Waals surface area (Å²) in [6.07, 6.45) is 1.49. The van der Waals surface area contributed by atoms with E-state index in [1.54, 1.807) is 43.5 Å². The SMILES string of the molecule is COc1ccc(/C=C(/C#N)C(=O)Nc2ccc(Cl)c(Cl)c2)cc1. The topological polar surface area (TPSA) is 62.1 Å². The van der Waals surface area contributed by atoms with Crippen molar-refractivity contribution < 1.29 is 9.53 Å². The lowest BCUT2D eigenvalue weighted by molar-refractivity contribution is -0.112. The van der Waals surface area contributed by atoms with Gasteiger partial charge in [0, 0.05) is 5.69 Å². The lowest BCUT2D eigenvalue weighted by Crippen LogP contribution is -2.13. The molecule has 2 aromatic carbocycles. The van der Waals surface area contributed by atoms with Crippen LogP contribution in [-0.4, -0.2) is 13.0 Å². The average molecular weight is 347 g/mol. The Hall–Kier alpha value is -2.48. The molecule has 0 spiro atoms. The third-order valence-electron chi connectivity index (χ3n) is 2.97. The van der Waals surface area contributed by atoms with Crippen molar-refractivity contribution in [3.63, 3.8) is 0 Å². The maximum Gasteiger partial charge on any atom is 0.266 e. The monoisotopic (exact) mass is 346 g/mol. The Morgan fingerprint density at radius 2 is 1.87 bits per heavy atom. The Labute approximate surface area is 143 Å². The first-order valence-corrected chi connectivity index (χ1v) is 7.31. The van der Waals surface area contributed by atoms with Crippen molar-refractivity contribution >= 4 is 40.9 Å². The molecule has 0 aromatic heterocycles. The Morgan fingerprint density at radius 1 is 1.17 bits per heavy atom. The van der Waals surface area contributed by atoms with Crippen LogP contribution in [0.3, 0.4) is 0 Å². The molecule has 2 rings (SSSR count). The van der Waals surface area contributed by atoms with Gasteiger partial charge < -0.3 is 10.1 Å². The van der Waals surface area contributed by atoms with Gasteiger partial charge in [0.2, 0.25) is 0 Å². The van der Waals surface area contributed by atoms with Gasteiger partial charge in [0.15, 0.2) is 0 Å². The molecule has 0 unspecified atom stereocenters. The lowest BCUT2D eigenvalue weighted by Gasteiger charge is -2.06. The highest BCUT2D eigenvalue weighted by atomic mass is 35.5. The predicted octanol–water partition coefficient (Wildman–Crippen LogP) is 4.55. The third-order valence-corrected chi connectivity index (χ3v) is 3.71. The Kier molecular flexibility index (Phi) is 5.64. The second kappa shape index (κ2) is 7.68. The quantitative estimate of drug-likeness (QED) is 0.652. The zero-order valence-electron chi connectivity index (χ0n) is 12.1. The summed E-state index contributed by atoms with van der Waals surface area (Å²) in [4.78, 5) is 12.2. The molecule has 0 aliphatic carbocycles. The summed E-state index contributed by atoms with van der Waals surface area (Å²) < 4.78 is 5.06. The van der Waals surface area contributed by atoms with E-state index in [0.717, 1.165) is 0 Å². The molecular formula is C17H12Cl2N2O2. The average Bonchev–Trinajstić information content (AvgIpc) is 2.56. The molecule has 1 amide bonds. The van der Waals surface area contributed by atoms with E-state index in [9.17, 15) is 10.1 Å². The molecule has 0 heterocycles. The van der Waals surface area contributed by atoms with E-state index in [1.807, 2.05) is 6.07 Å². The van der Waals surface area contributed by atoms with Crippen molar-refractivity contribution in [1.82, 2.24) is 0 Å². The van der Waals surface area contributed by atoms with Gasteiger partial charge >= 0.3 is 0 Å². The number of methoxy groups -OCH3 is 1. The van der Waals surface area contributed by atoms with Crippen LogP contribution in [0.4, 0.5) is 5.69 Å². The molecule has 0 radical (unpaired) electrons. The van der Waals surface area contributed by atoms with Crippen LogP contribution in [0.15, 0.2) is 48.0 Å². The van der Waals surface area contributed by atoms with E-state index >= 15 is 0 Å². The van der Waals surface area contributed by atoms with Crippen LogP contribution in [0, 0.1) is 11.3 Å². The standard InChI is InChI=1S/C17H12Cl2N2O2/c1-23-14-5-2-11(3-6-14)8-12(10-20)17(22)21-13-4-7-15(18)16(19)9-13/h2-9H,1H3,(H,21,22)/b12-8-. The number of amides is 1. The minimum absolute atomic E-state index is 0.0266. The molecule has 0 saturated heterocycles. The Bertz CT molecular complexity index is 793. The number of carbonyl (C=O) groups excluding carboxylic acids is 1. The van der Waals surface area contributed by atoms with E-state index in [-0.39, 0.29) is 5.57 Å². The Balaban J connectivity index is 2.18. The molecule has 0 fully saturated rings. The van der Waals surface area contributed by atoms with E-state index in [0.29, 0.717) is 27.0 Å². The van der Waals surface area contributed by atoms with Crippen LogP contribution >= 0.6 is 23.2 Å². The number of halogens is 2. The van der Waals surface area contributed by atoms with E-state index in [4.69, 9.17) is 27.9 Å².